The predicted octanol–water partition coefficient (Wildman–Crippen LogP) is 4.06. The fraction of sp³-hybridized carbons (Fsp3) is 0.600. The molecule has 4 heteroatoms. The number of benzene rings is 1. The van der Waals surface area contributed by atoms with Crippen molar-refractivity contribution < 1.29 is 12.6 Å². The third-order valence-corrected chi connectivity index (χ3v) is 4.50. The minimum atomic E-state index is -3.62. The third kappa shape index (κ3) is 5.74. The van der Waals surface area contributed by atoms with E-state index in [1.807, 2.05) is 13.8 Å². The highest BCUT2D eigenvalue weighted by molar-refractivity contribution is 7.86. The van der Waals surface area contributed by atoms with Crippen molar-refractivity contribution in [3.8, 4) is 0 Å². The maximum Gasteiger partial charge on any atom is 0.297 e. The summed E-state index contributed by atoms with van der Waals surface area (Å²) in [4.78, 5) is 0.235. The van der Waals surface area contributed by atoms with Gasteiger partial charge in [0, 0.05) is 0 Å². The van der Waals surface area contributed by atoms with Crippen molar-refractivity contribution in [2.75, 3.05) is 0 Å². The molecule has 0 N–H and O–H groups in total. The lowest BCUT2D eigenvalue weighted by molar-refractivity contribution is 0.213. The number of rotatable bonds is 8. The van der Waals surface area contributed by atoms with E-state index in [0.29, 0.717) is 0 Å². The Hall–Kier alpha value is -0.870. The van der Waals surface area contributed by atoms with Gasteiger partial charge in [0.2, 0.25) is 0 Å². The molecule has 0 aliphatic rings. The van der Waals surface area contributed by atoms with Crippen LogP contribution in [0.25, 0.3) is 0 Å². The van der Waals surface area contributed by atoms with Gasteiger partial charge in [-0.1, -0.05) is 50.3 Å². The molecule has 1 aromatic rings. The minimum absolute atomic E-state index is 0.235. The zero-order chi connectivity index (χ0) is 14.3. The summed E-state index contributed by atoms with van der Waals surface area (Å²) in [5.74, 6) is 0. The van der Waals surface area contributed by atoms with Crippen molar-refractivity contribution in [1.82, 2.24) is 0 Å². The molecular weight excluding hydrogens is 260 g/mol. The quantitative estimate of drug-likeness (QED) is 0.534. The van der Waals surface area contributed by atoms with Gasteiger partial charge in [-0.3, -0.25) is 4.18 Å². The lowest BCUT2D eigenvalue weighted by atomic mass is 10.1. The second-order valence-electron chi connectivity index (χ2n) is 5.02. The monoisotopic (exact) mass is 284 g/mol. The maximum atomic E-state index is 12.0. The van der Waals surface area contributed by atoms with Gasteiger partial charge in [0.1, 0.15) is 0 Å². The van der Waals surface area contributed by atoms with E-state index in [2.05, 4.69) is 6.92 Å². The van der Waals surface area contributed by atoms with Crippen LogP contribution in [0, 0.1) is 6.92 Å². The van der Waals surface area contributed by atoms with Crippen LogP contribution >= 0.6 is 0 Å². The molecule has 0 saturated heterocycles. The summed E-state index contributed by atoms with van der Waals surface area (Å²) in [5, 5.41) is 0. The van der Waals surface area contributed by atoms with Gasteiger partial charge in [-0.05, 0) is 32.4 Å². The number of hydrogen-bond donors (Lipinski definition) is 0. The molecule has 1 aromatic carbocycles. The molecule has 0 radical (unpaired) electrons. The van der Waals surface area contributed by atoms with Crippen LogP contribution < -0.4 is 0 Å². The second kappa shape index (κ2) is 7.65. The lowest BCUT2D eigenvalue weighted by Crippen LogP contribution is -2.15. The van der Waals surface area contributed by atoms with Gasteiger partial charge in [-0.25, -0.2) is 0 Å². The second-order valence-corrected chi connectivity index (χ2v) is 6.60. The van der Waals surface area contributed by atoms with Gasteiger partial charge in [-0.15, -0.1) is 0 Å². The summed E-state index contributed by atoms with van der Waals surface area (Å²) in [6, 6.07) is 6.74. The van der Waals surface area contributed by atoms with Crippen LogP contribution in [-0.4, -0.2) is 14.5 Å². The Morgan fingerprint density at radius 2 is 1.74 bits per heavy atom. The molecule has 0 amide bonds. The van der Waals surface area contributed by atoms with E-state index in [1.165, 1.54) is 12.8 Å². The van der Waals surface area contributed by atoms with Crippen molar-refractivity contribution in [3.63, 3.8) is 0 Å². The smallest absolute Gasteiger partial charge is 0.263 e. The maximum absolute atomic E-state index is 12.0. The van der Waals surface area contributed by atoms with Crippen LogP contribution in [0.2, 0.25) is 0 Å². The molecule has 0 heterocycles. The van der Waals surface area contributed by atoms with Crippen LogP contribution in [0.1, 0.15) is 51.5 Å². The Morgan fingerprint density at radius 3 is 2.32 bits per heavy atom. The summed E-state index contributed by atoms with van der Waals surface area (Å²) in [6.07, 6.45) is 5.04. The van der Waals surface area contributed by atoms with E-state index in [4.69, 9.17) is 4.18 Å². The normalized spacial score (nSPS) is 13.4. The zero-order valence-electron chi connectivity index (χ0n) is 12.1. The molecule has 1 atom stereocenters. The van der Waals surface area contributed by atoms with E-state index >= 15 is 0 Å². The molecule has 0 fully saturated rings. The van der Waals surface area contributed by atoms with Crippen molar-refractivity contribution in [2.45, 2.75) is 63.9 Å². The average Bonchev–Trinajstić information content (AvgIpc) is 2.34. The van der Waals surface area contributed by atoms with E-state index in [0.717, 1.165) is 24.8 Å². The Morgan fingerprint density at radius 1 is 1.11 bits per heavy atom. The molecule has 19 heavy (non-hydrogen) atoms. The first kappa shape index (κ1) is 16.2. The Bertz CT molecular complexity index is 463. The molecule has 0 unspecified atom stereocenters. The lowest BCUT2D eigenvalue weighted by Gasteiger charge is -2.13. The van der Waals surface area contributed by atoms with E-state index in [9.17, 15) is 8.42 Å². The van der Waals surface area contributed by atoms with Crippen LogP contribution in [0.5, 0.6) is 0 Å². The summed E-state index contributed by atoms with van der Waals surface area (Å²) in [7, 11) is -3.62. The number of unbranched alkanes of at least 4 members (excludes halogenated alkanes) is 3. The molecule has 3 nitrogen and oxygen atoms in total. The van der Waals surface area contributed by atoms with E-state index < -0.39 is 10.1 Å². The zero-order valence-corrected chi connectivity index (χ0v) is 12.9. The minimum Gasteiger partial charge on any atom is -0.263 e. The number of aryl methyl sites for hydroxylation is 1. The molecule has 0 saturated carbocycles. The molecule has 108 valence electrons. The largest absolute Gasteiger partial charge is 0.297 e. The fourth-order valence-corrected chi connectivity index (χ4v) is 2.99. The third-order valence-electron chi connectivity index (χ3n) is 3.06. The van der Waals surface area contributed by atoms with Gasteiger partial charge in [0.25, 0.3) is 10.1 Å². The first-order valence-corrected chi connectivity index (χ1v) is 8.36. The van der Waals surface area contributed by atoms with Crippen molar-refractivity contribution in [3.05, 3.63) is 29.8 Å². The van der Waals surface area contributed by atoms with Gasteiger partial charge in [-0.2, -0.15) is 8.42 Å². The summed E-state index contributed by atoms with van der Waals surface area (Å²) in [5.41, 5.74) is 1.03. The van der Waals surface area contributed by atoms with Crippen LogP contribution in [-0.2, 0) is 14.3 Å². The first-order valence-electron chi connectivity index (χ1n) is 6.95. The Balaban J connectivity index is 2.52. The van der Waals surface area contributed by atoms with Crippen molar-refractivity contribution >= 4 is 10.1 Å². The first-order chi connectivity index (χ1) is 8.95. The SMILES string of the molecule is CCCCCC[C@H](C)OS(=O)(=O)c1ccc(C)cc1. The highest BCUT2D eigenvalue weighted by atomic mass is 32.2. The predicted molar refractivity (Wildman–Crippen MR) is 77.7 cm³/mol. The van der Waals surface area contributed by atoms with Crippen LogP contribution in [0.4, 0.5) is 0 Å². The van der Waals surface area contributed by atoms with E-state index in [-0.39, 0.29) is 11.0 Å². The molecule has 0 aliphatic carbocycles. The van der Waals surface area contributed by atoms with Gasteiger partial charge in [0.05, 0.1) is 11.0 Å². The van der Waals surface area contributed by atoms with Gasteiger partial charge in [0.15, 0.2) is 0 Å². The molecule has 0 aliphatic heterocycles. The molecule has 0 bridgehead atoms. The van der Waals surface area contributed by atoms with Crippen molar-refractivity contribution in [2.24, 2.45) is 0 Å². The summed E-state index contributed by atoms with van der Waals surface area (Å²) in [6.45, 7) is 5.90. The molecule has 0 spiro atoms. The Labute approximate surface area is 117 Å². The molecule has 1 rings (SSSR count). The standard InChI is InChI=1S/C15H24O3S/c1-4-5-6-7-8-14(3)18-19(16,17)15-11-9-13(2)10-12-15/h9-12,14H,4-8H2,1-3H3/t14-/m0/s1. The highest BCUT2D eigenvalue weighted by Crippen LogP contribution is 2.17. The average molecular weight is 284 g/mol. The highest BCUT2D eigenvalue weighted by Gasteiger charge is 2.18. The molecule has 0 aromatic heterocycles. The summed E-state index contributed by atoms with van der Waals surface area (Å²) >= 11 is 0. The topological polar surface area (TPSA) is 43.4 Å². The van der Waals surface area contributed by atoms with Gasteiger partial charge >= 0.3 is 0 Å². The van der Waals surface area contributed by atoms with Gasteiger partial charge < -0.3 is 0 Å². The molecular formula is C15H24O3S. The fourth-order valence-electron chi connectivity index (χ4n) is 1.88. The van der Waals surface area contributed by atoms with Crippen LogP contribution in [0.3, 0.4) is 0 Å². The number of hydrogen-bond acceptors (Lipinski definition) is 3. The summed E-state index contributed by atoms with van der Waals surface area (Å²) < 4.78 is 29.3. The van der Waals surface area contributed by atoms with E-state index in [1.54, 1.807) is 24.3 Å². The van der Waals surface area contributed by atoms with Crippen molar-refractivity contribution in [1.29, 1.82) is 0 Å². The Kier molecular flexibility index (Phi) is 6.52. The van der Waals surface area contributed by atoms with Crippen LogP contribution in [0.15, 0.2) is 29.2 Å².